The number of rotatable bonds is 8. The summed E-state index contributed by atoms with van der Waals surface area (Å²) in [5.74, 6) is 0.428. The summed E-state index contributed by atoms with van der Waals surface area (Å²) in [7, 11) is -2.19. The molecule has 0 saturated carbocycles. The Kier molecular flexibility index (Phi) is 6.97. The maximum Gasteiger partial charge on any atom is 0.261 e. The normalized spacial score (nSPS) is 12.1. The van der Waals surface area contributed by atoms with Gasteiger partial charge in [-0.1, -0.05) is 49.4 Å². The van der Waals surface area contributed by atoms with E-state index in [4.69, 9.17) is 4.74 Å². The van der Waals surface area contributed by atoms with E-state index >= 15 is 0 Å². The first-order valence-electron chi connectivity index (χ1n) is 9.98. The number of amides is 1. The summed E-state index contributed by atoms with van der Waals surface area (Å²) in [5, 5.41) is 3.02. The standard InChI is InChI=1S/C24H26N2O4S/c1-4-21(18-14-15-23(30-3)17(2)16-18)25-24(27)20-12-8-9-13-22(20)26-31(28,29)19-10-6-5-7-11-19/h5-16,21,26H,4H2,1-3H3,(H,25,27)/t21-/m0/s1. The highest BCUT2D eigenvalue weighted by atomic mass is 32.2. The molecule has 0 radical (unpaired) electrons. The lowest BCUT2D eigenvalue weighted by Crippen LogP contribution is -2.29. The number of anilines is 1. The fraction of sp³-hybridized carbons (Fsp3) is 0.208. The van der Waals surface area contributed by atoms with Crippen LogP contribution in [0.2, 0.25) is 0 Å². The minimum Gasteiger partial charge on any atom is -0.496 e. The highest BCUT2D eigenvalue weighted by Gasteiger charge is 2.21. The number of carbonyl (C=O) groups excluding carboxylic acids is 1. The van der Waals surface area contributed by atoms with Crippen molar-refractivity contribution < 1.29 is 17.9 Å². The van der Waals surface area contributed by atoms with Gasteiger partial charge in [-0.3, -0.25) is 9.52 Å². The molecule has 0 saturated heterocycles. The summed E-state index contributed by atoms with van der Waals surface area (Å²) in [5.41, 5.74) is 2.41. The molecule has 1 amide bonds. The number of hydrogen-bond donors (Lipinski definition) is 2. The van der Waals surface area contributed by atoms with E-state index in [0.717, 1.165) is 16.9 Å². The minimum atomic E-state index is -3.81. The zero-order valence-electron chi connectivity index (χ0n) is 17.8. The van der Waals surface area contributed by atoms with Crippen LogP contribution in [0.25, 0.3) is 0 Å². The second kappa shape index (κ2) is 9.66. The molecule has 162 valence electrons. The average molecular weight is 439 g/mol. The van der Waals surface area contributed by atoms with Crippen molar-refractivity contribution in [1.29, 1.82) is 0 Å². The number of benzene rings is 3. The Hall–Kier alpha value is -3.32. The third-order valence-electron chi connectivity index (χ3n) is 5.00. The van der Waals surface area contributed by atoms with Gasteiger partial charge in [0.05, 0.1) is 29.3 Å². The van der Waals surface area contributed by atoms with E-state index in [1.54, 1.807) is 49.6 Å². The molecule has 3 rings (SSSR count). The van der Waals surface area contributed by atoms with Crippen LogP contribution in [0.5, 0.6) is 5.75 Å². The van der Waals surface area contributed by atoms with E-state index in [9.17, 15) is 13.2 Å². The lowest BCUT2D eigenvalue weighted by Gasteiger charge is -2.20. The number of aryl methyl sites for hydroxylation is 1. The van der Waals surface area contributed by atoms with Crippen LogP contribution in [-0.2, 0) is 10.0 Å². The molecule has 1 atom stereocenters. The number of nitrogens with one attached hydrogen (secondary N) is 2. The zero-order chi connectivity index (χ0) is 22.4. The second-order valence-corrected chi connectivity index (χ2v) is 8.81. The van der Waals surface area contributed by atoms with Crippen LogP contribution in [0.3, 0.4) is 0 Å². The van der Waals surface area contributed by atoms with Crippen molar-refractivity contribution in [2.75, 3.05) is 11.8 Å². The van der Waals surface area contributed by atoms with Crippen LogP contribution in [0.4, 0.5) is 5.69 Å². The van der Waals surface area contributed by atoms with E-state index in [-0.39, 0.29) is 28.1 Å². The molecule has 0 aliphatic heterocycles. The van der Waals surface area contributed by atoms with Gasteiger partial charge >= 0.3 is 0 Å². The number of hydrogen-bond acceptors (Lipinski definition) is 4. The molecule has 3 aromatic rings. The Balaban J connectivity index is 1.84. The maximum absolute atomic E-state index is 13.1. The number of para-hydroxylation sites is 1. The topological polar surface area (TPSA) is 84.5 Å². The van der Waals surface area contributed by atoms with Gasteiger partial charge in [-0.05, 0) is 54.8 Å². The van der Waals surface area contributed by atoms with Crippen LogP contribution in [0, 0.1) is 6.92 Å². The van der Waals surface area contributed by atoms with E-state index < -0.39 is 10.0 Å². The molecule has 3 aromatic carbocycles. The first kappa shape index (κ1) is 22.4. The summed E-state index contributed by atoms with van der Waals surface area (Å²) >= 11 is 0. The van der Waals surface area contributed by atoms with Crippen LogP contribution >= 0.6 is 0 Å². The predicted octanol–water partition coefficient (Wildman–Crippen LogP) is 4.69. The fourth-order valence-electron chi connectivity index (χ4n) is 3.35. The molecule has 2 N–H and O–H groups in total. The van der Waals surface area contributed by atoms with Crippen molar-refractivity contribution in [1.82, 2.24) is 5.32 Å². The van der Waals surface area contributed by atoms with Gasteiger partial charge < -0.3 is 10.1 Å². The van der Waals surface area contributed by atoms with Crippen LogP contribution in [0.15, 0.2) is 77.7 Å². The third-order valence-corrected chi connectivity index (χ3v) is 6.39. The Bertz CT molecular complexity index is 1160. The van der Waals surface area contributed by atoms with Gasteiger partial charge in [0.2, 0.25) is 0 Å². The summed E-state index contributed by atoms with van der Waals surface area (Å²) in [6.45, 7) is 3.93. The zero-order valence-corrected chi connectivity index (χ0v) is 18.6. The summed E-state index contributed by atoms with van der Waals surface area (Å²) in [6, 6.07) is 20.2. The van der Waals surface area contributed by atoms with Crippen LogP contribution in [-0.4, -0.2) is 21.4 Å². The van der Waals surface area contributed by atoms with E-state index in [0.29, 0.717) is 6.42 Å². The quantitative estimate of drug-likeness (QED) is 0.535. The molecular formula is C24H26N2O4S. The van der Waals surface area contributed by atoms with Crippen molar-refractivity contribution >= 4 is 21.6 Å². The van der Waals surface area contributed by atoms with Gasteiger partial charge in [0.25, 0.3) is 15.9 Å². The molecule has 0 heterocycles. The molecule has 7 heteroatoms. The highest BCUT2D eigenvalue weighted by molar-refractivity contribution is 7.92. The largest absolute Gasteiger partial charge is 0.496 e. The van der Waals surface area contributed by atoms with E-state index in [1.165, 1.54) is 12.1 Å². The Morgan fingerprint density at radius 1 is 1.00 bits per heavy atom. The van der Waals surface area contributed by atoms with Gasteiger partial charge in [0.1, 0.15) is 5.75 Å². The molecule has 0 spiro atoms. The molecule has 0 fully saturated rings. The first-order chi connectivity index (χ1) is 14.9. The van der Waals surface area contributed by atoms with Gasteiger partial charge in [-0.25, -0.2) is 8.42 Å². The van der Waals surface area contributed by atoms with E-state index in [2.05, 4.69) is 10.0 Å². The van der Waals surface area contributed by atoms with E-state index in [1.807, 2.05) is 32.0 Å². The summed E-state index contributed by atoms with van der Waals surface area (Å²) in [4.78, 5) is 13.2. The molecule has 0 bridgehead atoms. The molecule has 0 aliphatic rings. The second-order valence-electron chi connectivity index (χ2n) is 7.13. The molecule has 31 heavy (non-hydrogen) atoms. The van der Waals surface area contributed by atoms with Crippen molar-refractivity contribution in [3.05, 3.63) is 89.5 Å². The lowest BCUT2D eigenvalue weighted by molar-refractivity contribution is 0.0936. The van der Waals surface area contributed by atoms with Crippen LogP contribution in [0.1, 0.15) is 40.9 Å². The maximum atomic E-state index is 13.1. The minimum absolute atomic E-state index is 0.130. The summed E-state index contributed by atoms with van der Waals surface area (Å²) < 4.78 is 33.3. The average Bonchev–Trinajstić information content (AvgIpc) is 2.78. The van der Waals surface area contributed by atoms with Crippen LogP contribution < -0.4 is 14.8 Å². The molecule has 0 aliphatic carbocycles. The molecular weight excluding hydrogens is 412 g/mol. The number of ether oxygens (including phenoxy) is 1. The van der Waals surface area contributed by atoms with Gasteiger partial charge in [0, 0.05) is 0 Å². The lowest BCUT2D eigenvalue weighted by atomic mass is 10.0. The predicted molar refractivity (Wildman–Crippen MR) is 122 cm³/mol. The Morgan fingerprint density at radius 2 is 1.68 bits per heavy atom. The monoisotopic (exact) mass is 438 g/mol. The van der Waals surface area contributed by atoms with Gasteiger partial charge in [-0.15, -0.1) is 0 Å². The Morgan fingerprint density at radius 3 is 2.32 bits per heavy atom. The third kappa shape index (κ3) is 5.24. The highest BCUT2D eigenvalue weighted by Crippen LogP contribution is 2.26. The van der Waals surface area contributed by atoms with Crippen molar-refractivity contribution in [3.63, 3.8) is 0 Å². The first-order valence-corrected chi connectivity index (χ1v) is 11.5. The smallest absolute Gasteiger partial charge is 0.261 e. The van der Waals surface area contributed by atoms with Crippen molar-refractivity contribution in [2.45, 2.75) is 31.2 Å². The van der Waals surface area contributed by atoms with Gasteiger partial charge in [-0.2, -0.15) is 0 Å². The fourth-order valence-corrected chi connectivity index (χ4v) is 4.45. The number of methoxy groups -OCH3 is 1. The van der Waals surface area contributed by atoms with Crippen molar-refractivity contribution in [3.8, 4) is 5.75 Å². The van der Waals surface area contributed by atoms with Gasteiger partial charge in [0.15, 0.2) is 0 Å². The molecule has 6 nitrogen and oxygen atoms in total. The number of sulfonamides is 1. The van der Waals surface area contributed by atoms with Crippen molar-refractivity contribution in [2.24, 2.45) is 0 Å². The molecule has 0 unspecified atom stereocenters. The Labute approximate surface area is 183 Å². The summed E-state index contributed by atoms with van der Waals surface area (Å²) in [6.07, 6.45) is 0.676. The SMILES string of the molecule is CC[C@H](NC(=O)c1ccccc1NS(=O)(=O)c1ccccc1)c1ccc(OC)c(C)c1. The number of carbonyl (C=O) groups is 1. The molecule has 0 aromatic heterocycles.